The van der Waals surface area contributed by atoms with Crippen LogP contribution in [-0.4, -0.2) is 28.5 Å². The summed E-state index contributed by atoms with van der Waals surface area (Å²) in [5.41, 5.74) is 3.12. The van der Waals surface area contributed by atoms with Crippen LogP contribution < -0.4 is 10.1 Å². The summed E-state index contributed by atoms with van der Waals surface area (Å²) in [4.78, 5) is 12.2. The molecule has 1 amide bonds. The minimum absolute atomic E-state index is 0.129. The molecule has 0 aliphatic carbocycles. The second-order valence-electron chi connectivity index (χ2n) is 4.26. The molecule has 2 aromatic rings. The van der Waals surface area contributed by atoms with E-state index in [-0.39, 0.29) is 11.2 Å². The van der Waals surface area contributed by atoms with Crippen LogP contribution in [0.3, 0.4) is 0 Å². The fourth-order valence-corrected chi connectivity index (χ4v) is 3.36. The van der Waals surface area contributed by atoms with Gasteiger partial charge in [0.25, 0.3) is 0 Å². The maximum atomic E-state index is 12.2. The minimum Gasteiger partial charge on any atom is -0.495 e. The number of nitrogens with zero attached hydrogens (tertiary/aromatic N) is 2. The van der Waals surface area contributed by atoms with E-state index in [1.807, 2.05) is 13.8 Å². The summed E-state index contributed by atoms with van der Waals surface area (Å²) >= 11 is 8.82. The van der Waals surface area contributed by atoms with E-state index in [1.165, 1.54) is 30.2 Å². The van der Waals surface area contributed by atoms with E-state index in [2.05, 4.69) is 15.5 Å². The van der Waals surface area contributed by atoms with E-state index in [0.717, 1.165) is 9.90 Å². The van der Waals surface area contributed by atoms with Gasteiger partial charge in [-0.3, -0.25) is 4.79 Å². The van der Waals surface area contributed by atoms with Crippen LogP contribution in [0.25, 0.3) is 0 Å². The molecule has 0 unspecified atom stereocenters. The van der Waals surface area contributed by atoms with Crippen LogP contribution in [0.1, 0.15) is 12.5 Å². The fraction of sp³-hybridized carbons (Fsp3) is 0.308. The van der Waals surface area contributed by atoms with E-state index < -0.39 is 0 Å². The second-order valence-corrected chi connectivity index (χ2v) is 7.08. The first-order valence-corrected chi connectivity index (χ1v) is 8.22. The van der Waals surface area contributed by atoms with Crippen LogP contribution in [-0.2, 0) is 4.79 Å². The Morgan fingerprint density at radius 1 is 1.52 bits per heavy atom. The quantitative estimate of drug-likeness (QED) is 0.840. The summed E-state index contributed by atoms with van der Waals surface area (Å²) in [5, 5.41) is 10.8. The number of carbonyl (C=O) groups is 1. The molecular weight excluding hydrogens is 330 g/mol. The summed E-state index contributed by atoms with van der Waals surface area (Å²) in [6, 6.07) is 3.48. The van der Waals surface area contributed by atoms with E-state index in [9.17, 15) is 4.79 Å². The highest BCUT2D eigenvalue weighted by atomic mass is 35.5. The molecule has 112 valence electrons. The number of thioether (sulfide) groups is 1. The number of rotatable bonds is 5. The second kappa shape index (κ2) is 7.11. The van der Waals surface area contributed by atoms with Gasteiger partial charge in [-0.25, -0.2) is 0 Å². The number of hydrogen-bond donors (Lipinski definition) is 1. The Kier molecular flexibility index (Phi) is 5.44. The van der Waals surface area contributed by atoms with Crippen molar-refractivity contribution in [3.63, 3.8) is 0 Å². The van der Waals surface area contributed by atoms with Crippen LogP contribution in [0.15, 0.2) is 22.0 Å². The number of aryl methyl sites for hydroxylation is 1. The summed E-state index contributed by atoms with van der Waals surface area (Å²) in [6.45, 7) is 3.69. The zero-order valence-corrected chi connectivity index (χ0v) is 14.1. The number of anilines is 1. The van der Waals surface area contributed by atoms with Gasteiger partial charge < -0.3 is 10.1 Å². The number of hydrogen-bond acceptors (Lipinski definition) is 6. The molecule has 0 saturated heterocycles. The molecule has 1 heterocycles. The van der Waals surface area contributed by atoms with Crippen molar-refractivity contribution >= 4 is 46.3 Å². The van der Waals surface area contributed by atoms with Gasteiger partial charge in [-0.05, 0) is 25.5 Å². The van der Waals surface area contributed by atoms with E-state index >= 15 is 0 Å². The largest absolute Gasteiger partial charge is 0.495 e. The average molecular weight is 344 g/mol. The lowest BCUT2D eigenvalue weighted by Gasteiger charge is -2.14. The lowest BCUT2D eigenvalue weighted by molar-refractivity contribution is -0.115. The smallest absolute Gasteiger partial charge is 0.237 e. The van der Waals surface area contributed by atoms with Gasteiger partial charge in [-0.15, -0.1) is 10.2 Å². The van der Waals surface area contributed by atoms with Crippen LogP contribution in [0.5, 0.6) is 5.75 Å². The molecule has 1 aromatic carbocycles. The normalized spacial score (nSPS) is 12.0. The number of benzene rings is 1. The Hall–Kier alpha value is -1.31. The third-order valence-electron chi connectivity index (χ3n) is 2.73. The third-order valence-corrected chi connectivity index (χ3v) is 5.04. The molecule has 0 saturated carbocycles. The first kappa shape index (κ1) is 16.1. The maximum absolute atomic E-state index is 12.2. The number of aromatic nitrogens is 2. The zero-order valence-electron chi connectivity index (χ0n) is 11.7. The number of amides is 1. The lowest BCUT2D eigenvalue weighted by Crippen LogP contribution is -2.22. The first-order valence-electron chi connectivity index (χ1n) is 6.09. The van der Waals surface area contributed by atoms with Gasteiger partial charge in [0.1, 0.15) is 11.3 Å². The summed E-state index contributed by atoms with van der Waals surface area (Å²) < 4.78 is 6.00. The lowest BCUT2D eigenvalue weighted by atomic mass is 10.2. The molecule has 5 nitrogen and oxygen atoms in total. The van der Waals surface area contributed by atoms with Crippen molar-refractivity contribution < 1.29 is 9.53 Å². The molecule has 0 bridgehead atoms. The highest BCUT2D eigenvalue weighted by Gasteiger charge is 2.18. The van der Waals surface area contributed by atoms with Gasteiger partial charge in [0.05, 0.1) is 18.0 Å². The molecule has 0 aliphatic rings. The van der Waals surface area contributed by atoms with Crippen molar-refractivity contribution in [3.05, 3.63) is 28.2 Å². The summed E-state index contributed by atoms with van der Waals surface area (Å²) in [7, 11) is 1.54. The Labute approximate surface area is 136 Å². The molecule has 0 fully saturated rings. The van der Waals surface area contributed by atoms with Crippen molar-refractivity contribution in [3.8, 4) is 5.75 Å². The average Bonchev–Trinajstić information content (AvgIpc) is 2.95. The molecule has 1 aromatic heterocycles. The molecule has 0 spiro atoms. The third kappa shape index (κ3) is 4.09. The minimum atomic E-state index is -0.293. The first-order chi connectivity index (χ1) is 10.0. The molecule has 1 atom stereocenters. The van der Waals surface area contributed by atoms with Crippen molar-refractivity contribution in [2.45, 2.75) is 23.4 Å². The van der Waals surface area contributed by atoms with E-state index in [4.69, 9.17) is 16.3 Å². The van der Waals surface area contributed by atoms with Crippen LogP contribution >= 0.6 is 34.7 Å². The van der Waals surface area contributed by atoms with Gasteiger partial charge in [0.15, 0.2) is 4.34 Å². The molecule has 0 aliphatic heterocycles. The van der Waals surface area contributed by atoms with Crippen LogP contribution in [0.4, 0.5) is 5.69 Å². The van der Waals surface area contributed by atoms with Crippen molar-refractivity contribution in [2.75, 3.05) is 12.4 Å². The highest BCUT2D eigenvalue weighted by molar-refractivity contribution is 8.02. The van der Waals surface area contributed by atoms with Crippen LogP contribution in [0, 0.1) is 6.92 Å². The predicted molar refractivity (Wildman–Crippen MR) is 86.6 cm³/mol. The monoisotopic (exact) mass is 343 g/mol. The Morgan fingerprint density at radius 2 is 2.29 bits per heavy atom. The molecular formula is C13H14ClN3O2S2. The topological polar surface area (TPSA) is 64.1 Å². The van der Waals surface area contributed by atoms with Gasteiger partial charge in [-0.2, -0.15) is 0 Å². The molecule has 0 radical (unpaired) electrons. The standard InChI is InChI=1S/C13H14ClN3O2S2/c1-7-4-10(11(19-3)5-9(7)14)16-12(18)8(2)21-13-17-15-6-20-13/h4-6,8H,1-3H3,(H,16,18)/t8-/m1/s1. The Morgan fingerprint density at radius 3 is 2.90 bits per heavy atom. The molecule has 8 heteroatoms. The number of ether oxygens (including phenoxy) is 1. The predicted octanol–water partition coefficient (Wildman–Crippen LogP) is 3.63. The molecule has 1 N–H and O–H groups in total. The number of nitrogens with one attached hydrogen (secondary N) is 1. The number of halogens is 1. The van der Waals surface area contributed by atoms with Crippen molar-refractivity contribution in [1.82, 2.24) is 10.2 Å². The zero-order chi connectivity index (χ0) is 15.4. The van der Waals surface area contributed by atoms with E-state index in [1.54, 1.807) is 17.6 Å². The van der Waals surface area contributed by atoms with E-state index in [0.29, 0.717) is 16.5 Å². The number of carbonyl (C=O) groups excluding carboxylic acids is 1. The number of methoxy groups -OCH3 is 1. The van der Waals surface area contributed by atoms with Gasteiger partial charge in [0, 0.05) is 11.1 Å². The van der Waals surface area contributed by atoms with Gasteiger partial charge >= 0.3 is 0 Å². The van der Waals surface area contributed by atoms with Crippen molar-refractivity contribution in [2.24, 2.45) is 0 Å². The fourth-order valence-electron chi connectivity index (χ4n) is 1.58. The van der Waals surface area contributed by atoms with Gasteiger partial charge in [0.2, 0.25) is 5.91 Å². The highest BCUT2D eigenvalue weighted by Crippen LogP contribution is 2.32. The molecule has 21 heavy (non-hydrogen) atoms. The summed E-state index contributed by atoms with van der Waals surface area (Å²) in [5.74, 6) is 0.405. The maximum Gasteiger partial charge on any atom is 0.237 e. The molecule has 2 rings (SSSR count). The summed E-state index contributed by atoms with van der Waals surface area (Å²) in [6.07, 6.45) is 0. The van der Waals surface area contributed by atoms with Crippen molar-refractivity contribution in [1.29, 1.82) is 0 Å². The Bertz CT molecular complexity index is 635. The van der Waals surface area contributed by atoms with Gasteiger partial charge in [-0.1, -0.05) is 34.7 Å². The SMILES string of the molecule is COc1cc(Cl)c(C)cc1NC(=O)[C@@H](C)Sc1nncs1. The van der Waals surface area contributed by atoms with Crippen LogP contribution in [0.2, 0.25) is 5.02 Å². The Balaban J connectivity index is 2.10.